The molecule has 0 radical (unpaired) electrons. The van der Waals surface area contributed by atoms with Crippen molar-refractivity contribution in [1.29, 1.82) is 5.26 Å². The summed E-state index contributed by atoms with van der Waals surface area (Å²) in [6, 6.07) is 9.37. The monoisotopic (exact) mass is 313 g/mol. The Hall–Kier alpha value is -1.60. The second-order valence-corrected chi connectivity index (χ2v) is 4.81. The molecule has 0 aliphatic heterocycles. The van der Waals surface area contributed by atoms with Crippen molar-refractivity contribution in [2.45, 2.75) is 0 Å². The first-order valence-electron chi connectivity index (χ1n) is 5.07. The summed E-state index contributed by atoms with van der Waals surface area (Å²) in [5.74, 6) is 0.0683. The van der Waals surface area contributed by atoms with Crippen LogP contribution in [0.2, 0.25) is 15.1 Å². The van der Waals surface area contributed by atoms with Crippen LogP contribution in [0, 0.1) is 11.3 Å². The molecule has 0 saturated carbocycles. The van der Waals surface area contributed by atoms with Gasteiger partial charge < -0.3 is 9.84 Å². The van der Waals surface area contributed by atoms with Crippen molar-refractivity contribution < 1.29 is 9.84 Å². The summed E-state index contributed by atoms with van der Waals surface area (Å²) >= 11 is 17.5. The van der Waals surface area contributed by atoms with Gasteiger partial charge >= 0.3 is 0 Å². The molecule has 0 saturated heterocycles. The second-order valence-electron chi connectivity index (χ2n) is 3.56. The van der Waals surface area contributed by atoms with E-state index in [1.807, 2.05) is 0 Å². The summed E-state index contributed by atoms with van der Waals surface area (Å²) in [7, 11) is 0. The summed E-state index contributed by atoms with van der Waals surface area (Å²) in [4.78, 5) is 0. The molecule has 0 heterocycles. The fourth-order valence-corrected chi connectivity index (χ4v) is 2.05. The molecule has 2 aromatic carbocycles. The molecule has 2 aromatic rings. The molecule has 6 heteroatoms. The van der Waals surface area contributed by atoms with Gasteiger partial charge in [-0.15, -0.1) is 0 Å². The Morgan fingerprint density at radius 3 is 2.32 bits per heavy atom. The lowest BCUT2D eigenvalue weighted by molar-refractivity contribution is 0.410. The van der Waals surface area contributed by atoms with Crippen LogP contribution in [0.25, 0.3) is 0 Å². The number of phenols is 1. The highest BCUT2D eigenvalue weighted by Gasteiger charge is 2.14. The highest BCUT2D eigenvalue weighted by molar-refractivity contribution is 6.35. The molecule has 96 valence electrons. The highest BCUT2D eigenvalue weighted by atomic mass is 35.5. The van der Waals surface area contributed by atoms with E-state index in [9.17, 15) is 5.11 Å². The Morgan fingerprint density at radius 1 is 1.00 bits per heavy atom. The van der Waals surface area contributed by atoms with Crippen molar-refractivity contribution in [3.8, 4) is 23.3 Å². The Balaban J connectivity index is 2.42. The molecule has 0 bridgehead atoms. The average molecular weight is 315 g/mol. The SMILES string of the molecule is N#Cc1c(Cl)ccc(Oc2ccc(Cl)cc2Cl)c1O. The minimum atomic E-state index is -0.332. The van der Waals surface area contributed by atoms with Crippen molar-refractivity contribution in [2.75, 3.05) is 0 Å². The van der Waals surface area contributed by atoms with E-state index in [4.69, 9.17) is 44.8 Å². The van der Waals surface area contributed by atoms with E-state index >= 15 is 0 Å². The maximum Gasteiger partial charge on any atom is 0.178 e. The van der Waals surface area contributed by atoms with E-state index in [1.54, 1.807) is 18.2 Å². The number of hydrogen-bond donors (Lipinski definition) is 1. The van der Waals surface area contributed by atoms with Crippen LogP contribution >= 0.6 is 34.8 Å². The molecular formula is C13H6Cl3NO2. The molecular weight excluding hydrogens is 309 g/mol. The zero-order valence-electron chi connectivity index (χ0n) is 9.32. The molecule has 3 nitrogen and oxygen atoms in total. The van der Waals surface area contributed by atoms with Gasteiger partial charge in [0.25, 0.3) is 0 Å². The highest BCUT2D eigenvalue weighted by Crippen LogP contribution is 2.39. The van der Waals surface area contributed by atoms with Crippen LogP contribution in [0.15, 0.2) is 30.3 Å². The Labute approximate surface area is 124 Å². The fourth-order valence-electron chi connectivity index (χ4n) is 1.41. The Bertz CT molecular complexity index is 680. The van der Waals surface area contributed by atoms with Gasteiger partial charge in [0.1, 0.15) is 17.4 Å². The van der Waals surface area contributed by atoms with Crippen LogP contribution in [0.4, 0.5) is 0 Å². The van der Waals surface area contributed by atoms with E-state index in [0.29, 0.717) is 15.8 Å². The maximum absolute atomic E-state index is 9.88. The van der Waals surface area contributed by atoms with Gasteiger partial charge in [-0.1, -0.05) is 34.8 Å². The molecule has 0 unspecified atom stereocenters. The minimum Gasteiger partial charge on any atom is -0.503 e. The van der Waals surface area contributed by atoms with E-state index < -0.39 is 0 Å². The van der Waals surface area contributed by atoms with Gasteiger partial charge in [0.15, 0.2) is 11.5 Å². The summed E-state index contributed by atoms with van der Waals surface area (Å²) < 4.78 is 5.44. The van der Waals surface area contributed by atoms with E-state index in [2.05, 4.69) is 0 Å². The smallest absolute Gasteiger partial charge is 0.178 e. The average Bonchev–Trinajstić information content (AvgIpc) is 2.36. The van der Waals surface area contributed by atoms with Crippen molar-refractivity contribution >= 4 is 34.8 Å². The first-order valence-corrected chi connectivity index (χ1v) is 6.21. The van der Waals surface area contributed by atoms with Crippen LogP contribution in [-0.4, -0.2) is 5.11 Å². The maximum atomic E-state index is 9.88. The lowest BCUT2D eigenvalue weighted by Gasteiger charge is -2.10. The molecule has 2 rings (SSSR count). The predicted molar refractivity (Wildman–Crippen MR) is 74.4 cm³/mol. The van der Waals surface area contributed by atoms with Crippen molar-refractivity contribution in [3.05, 3.63) is 51.0 Å². The van der Waals surface area contributed by atoms with Gasteiger partial charge in [-0.3, -0.25) is 0 Å². The standard InChI is InChI=1S/C13H6Cl3NO2/c14-7-1-3-11(10(16)5-7)19-12-4-2-9(15)8(6-17)13(12)18/h1-5,18H. The van der Waals surface area contributed by atoms with Gasteiger partial charge in [0, 0.05) is 5.02 Å². The van der Waals surface area contributed by atoms with Gasteiger partial charge in [-0.25, -0.2) is 0 Å². The first-order chi connectivity index (χ1) is 9.02. The van der Waals surface area contributed by atoms with E-state index in [1.165, 1.54) is 18.2 Å². The number of benzene rings is 2. The predicted octanol–water partition coefficient (Wildman–Crippen LogP) is 5.02. The molecule has 1 N–H and O–H groups in total. The van der Waals surface area contributed by atoms with Crippen molar-refractivity contribution in [2.24, 2.45) is 0 Å². The van der Waals surface area contributed by atoms with Crippen LogP contribution in [0.1, 0.15) is 5.56 Å². The van der Waals surface area contributed by atoms with Gasteiger partial charge in [-0.05, 0) is 30.3 Å². The first kappa shape index (κ1) is 13.8. The number of nitriles is 1. The van der Waals surface area contributed by atoms with Crippen LogP contribution < -0.4 is 4.74 Å². The normalized spacial score (nSPS) is 10.0. The van der Waals surface area contributed by atoms with Crippen LogP contribution in [0.3, 0.4) is 0 Å². The molecule has 0 fully saturated rings. The molecule has 19 heavy (non-hydrogen) atoms. The number of rotatable bonds is 2. The molecule has 0 atom stereocenters. The van der Waals surface area contributed by atoms with Crippen LogP contribution in [-0.2, 0) is 0 Å². The van der Waals surface area contributed by atoms with Crippen molar-refractivity contribution in [3.63, 3.8) is 0 Å². The zero-order valence-corrected chi connectivity index (χ0v) is 11.6. The zero-order chi connectivity index (χ0) is 14.0. The summed E-state index contributed by atoms with van der Waals surface area (Å²) in [5.41, 5.74) is -0.0516. The molecule has 0 aliphatic rings. The van der Waals surface area contributed by atoms with Crippen LogP contribution in [0.5, 0.6) is 17.2 Å². The molecule has 0 aliphatic carbocycles. The number of phenolic OH excluding ortho intramolecular Hbond substituents is 1. The van der Waals surface area contributed by atoms with Gasteiger partial charge in [0.2, 0.25) is 0 Å². The van der Waals surface area contributed by atoms with Gasteiger partial charge in [-0.2, -0.15) is 5.26 Å². The largest absolute Gasteiger partial charge is 0.503 e. The molecule has 0 spiro atoms. The lowest BCUT2D eigenvalue weighted by Crippen LogP contribution is -1.89. The summed E-state index contributed by atoms with van der Waals surface area (Å²) in [6.45, 7) is 0. The number of hydrogen-bond acceptors (Lipinski definition) is 3. The third-order valence-electron chi connectivity index (χ3n) is 2.32. The third kappa shape index (κ3) is 2.87. The number of halogens is 3. The van der Waals surface area contributed by atoms with E-state index in [-0.39, 0.29) is 22.1 Å². The topological polar surface area (TPSA) is 53.2 Å². The number of aromatic hydroxyl groups is 1. The second kappa shape index (κ2) is 5.58. The minimum absolute atomic E-state index is 0.0516. The third-order valence-corrected chi connectivity index (χ3v) is 3.16. The Morgan fingerprint density at radius 2 is 1.68 bits per heavy atom. The number of ether oxygens (including phenoxy) is 1. The molecule has 0 aromatic heterocycles. The van der Waals surface area contributed by atoms with Crippen molar-refractivity contribution in [1.82, 2.24) is 0 Å². The fraction of sp³-hybridized carbons (Fsp3) is 0. The number of nitrogens with zero attached hydrogens (tertiary/aromatic N) is 1. The summed E-state index contributed by atoms with van der Waals surface area (Å²) in [6.07, 6.45) is 0. The quantitative estimate of drug-likeness (QED) is 0.847. The van der Waals surface area contributed by atoms with Gasteiger partial charge in [0.05, 0.1) is 10.0 Å². The molecule has 0 amide bonds. The lowest BCUT2D eigenvalue weighted by atomic mass is 10.2. The Kier molecular flexibility index (Phi) is 4.06. The van der Waals surface area contributed by atoms with E-state index in [0.717, 1.165) is 0 Å². The summed E-state index contributed by atoms with van der Waals surface area (Å²) in [5, 5.41) is 19.7.